The van der Waals surface area contributed by atoms with E-state index in [1.807, 2.05) is 36.4 Å². The second-order valence-corrected chi connectivity index (χ2v) is 6.84. The number of aliphatic hydroxyl groups is 3. The zero-order chi connectivity index (χ0) is 18.4. The average molecular weight is 357 g/mol. The Morgan fingerprint density at radius 1 is 1.00 bits per heavy atom. The Bertz CT molecular complexity index is 692. The maximum atomic E-state index is 10.1. The molecule has 0 fully saturated rings. The molecule has 5 heteroatoms. The van der Waals surface area contributed by atoms with Gasteiger partial charge in [-0.2, -0.15) is 0 Å². The SMILES string of the molecule is OC(CNCCc1ccccc1)COc1cccc2c1C[C@H](O)[C@H](O)C2. The third kappa shape index (κ3) is 5.05. The summed E-state index contributed by atoms with van der Waals surface area (Å²) in [7, 11) is 0. The smallest absolute Gasteiger partial charge is 0.123 e. The molecule has 0 saturated heterocycles. The van der Waals surface area contributed by atoms with E-state index in [2.05, 4.69) is 17.4 Å². The van der Waals surface area contributed by atoms with E-state index in [1.54, 1.807) is 0 Å². The van der Waals surface area contributed by atoms with E-state index < -0.39 is 18.3 Å². The predicted octanol–water partition coefficient (Wildman–Crippen LogP) is 1.08. The van der Waals surface area contributed by atoms with Crippen molar-refractivity contribution in [2.24, 2.45) is 0 Å². The molecule has 0 amide bonds. The summed E-state index contributed by atoms with van der Waals surface area (Å²) in [6, 6.07) is 15.9. The van der Waals surface area contributed by atoms with Crippen molar-refractivity contribution in [2.75, 3.05) is 19.7 Å². The molecule has 2 aromatic carbocycles. The fourth-order valence-corrected chi connectivity index (χ4v) is 3.27. The Morgan fingerprint density at radius 2 is 1.77 bits per heavy atom. The fourth-order valence-electron chi connectivity index (χ4n) is 3.27. The summed E-state index contributed by atoms with van der Waals surface area (Å²) in [5, 5.41) is 33.1. The number of hydrogen-bond donors (Lipinski definition) is 4. The second-order valence-electron chi connectivity index (χ2n) is 6.84. The van der Waals surface area contributed by atoms with Gasteiger partial charge in [0.1, 0.15) is 18.5 Å². The number of hydrogen-bond acceptors (Lipinski definition) is 5. The summed E-state index contributed by atoms with van der Waals surface area (Å²) in [6.45, 7) is 1.45. The van der Waals surface area contributed by atoms with Gasteiger partial charge in [0.05, 0.1) is 12.2 Å². The van der Waals surface area contributed by atoms with Gasteiger partial charge in [-0.25, -0.2) is 0 Å². The quantitative estimate of drug-likeness (QED) is 0.532. The zero-order valence-electron chi connectivity index (χ0n) is 14.8. The summed E-state index contributed by atoms with van der Waals surface area (Å²) in [5.41, 5.74) is 3.19. The highest BCUT2D eigenvalue weighted by atomic mass is 16.5. The summed E-state index contributed by atoms with van der Waals surface area (Å²) in [6.07, 6.45) is -0.384. The van der Waals surface area contributed by atoms with Crippen molar-refractivity contribution < 1.29 is 20.1 Å². The first kappa shape index (κ1) is 18.9. The maximum absolute atomic E-state index is 10.1. The number of ether oxygens (including phenoxy) is 1. The fraction of sp³-hybridized carbons (Fsp3) is 0.429. The van der Waals surface area contributed by atoms with E-state index in [0.717, 1.165) is 24.1 Å². The van der Waals surface area contributed by atoms with Gasteiger partial charge >= 0.3 is 0 Å². The summed E-state index contributed by atoms with van der Waals surface area (Å²) >= 11 is 0. The van der Waals surface area contributed by atoms with Crippen LogP contribution in [0.4, 0.5) is 0 Å². The minimum absolute atomic E-state index is 0.188. The van der Waals surface area contributed by atoms with Gasteiger partial charge < -0.3 is 25.4 Å². The number of rotatable bonds is 8. The van der Waals surface area contributed by atoms with Crippen LogP contribution in [0.15, 0.2) is 48.5 Å². The Kier molecular flexibility index (Phi) is 6.63. The van der Waals surface area contributed by atoms with E-state index in [9.17, 15) is 15.3 Å². The molecule has 0 spiro atoms. The molecule has 3 rings (SSSR count). The van der Waals surface area contributed by atoms with Crippen molar-refractivity contribution in [3.05, 3.63) is 65.2 Å². The molecule has 0 aromatic heterocycles. The number of nitrogens with one attached hydrogen (secondary N) is 1. The van der Waals surface area contributed by atoms with E-state index in [-0.39, 0.29) is 6.61 Å². The lowest BCUT2D eigenvalue weighted by molar-refractivity contribution is 0.0132. The summed E-state index contributed by atoms with van der Waals surface area (Å²) in [5.74, 6) is 0.678. The van der Waals surface area contributed by atoms with E-state index >= 15 is 0 Å². The van der Waals surface area contributed by atoms with Crippen molar-refractivity contribution in [3.8, 4) is 5.75 Å². The molecule has 140 valence electrons. The number of fused-ring (bicyclic) bond motifs is 1. The normalized spacial score (nSPS) is 20.4. The van der Waals surface area contributed by atoms with Gasteiger partial charge in [0.15, 0.2) is 0 Å². The molecule has 1 aliphatic carbocycles. The first-order valence-corrected chi connectivity index (χ1v) is 9.16. The molecular formula is C21H27NO4. The largest absolute Gasteiger partial charge is 0.491 e. The highest BCUT2D eigenvalue weighted by molar-refractivity contribution is 5.43. The van der Waals surface area contributed by atoms with Crippen molar-refractivity contribution in [1.29, 1.82) is 0 Å². The minimum atomic E-state index is -0.767. The summed E-state index contributed by atoms with van der Waals surface area (Å²) in [4.78, 5) is 0. The van der Waals surface area contributed by atoms with Gasteiger partial charge in [-0.1, -0.05) is 42.5 Å². The first-order chi connectivity index (χ1) is 12.6. The lowest BCUT2D eigenvalue weighted by Crippen LogP contribution is -2.35. The molecule has 0 bridgehead atoms. The molecular weight excluding hydrogens is 330 g/mol. The van der Waals surface area contributed by atoms with Crippen LogP contribution in [0.5, 0.6) is 5.75 Å². The Hall–Kier alpha value is -1.92. The molecule has 5 nitrogen and oxygen atoms in total. The van der Waals surface area contributed by atoms with Crippen LogP contribution in [0, 0.1) is 0 Å². The van der Waals surface area contributed by atoms with Crippen LogP contribution >= 0.6 is 0 Å². The minimum Gasteiger partial charge on any atom is -0.491 e. The molecule has 0 radical (unpaired) electrons. The lowest BCUT2D eigenvalue weighted by Gasteiger charge is -2.27. The zero-order valence-corrected chi connectivity index (χ0v) is 14.8. The van der Waals surface area contributed by atoms with E-state index in [0.29, 0.717) is 25.1 Å². The maximum Gasteiger partial charge on any atom is 0.123 e. The monoisotopic (exact) mass is 357 g/mol. The van der Waals surface area contributed by atoms with Crippen LogP contribution in [-0.4, -0.2) is 53.3 Å². The molecule has 26 heavy (non-hydrogen) atoms. The van der Waals surface area contributed by atoms with Gasteiger partial charge in [-0.05, 0) is 30.2 Å². The van der Waals surface area contributed by atoms with Gasteiger partial charge in [-0.15, -0.1) is 0 Å². The topological polar surface area (TPSA) is 82.0 Å². The van der Waals surface area contributed by atoms with Gasteiger partial charge in [0, 0.05) is 24.9 Å². The average Bonchev–Trinajstić information content (AvgIpc) is 2.65. The van der Waals surface area contributed by atoms with Crippen LogP contribution in [0.1, 0.15) is 16.7 Å². The van der Waals surface area contributed by atoms with Crippen molar-refractivity contribution in [1.82, 2.24) is 5.32 Å². The van der Waals surface area contributed by atoms with E-state index in [1.165, 1.54) is 5.56 Å². The van der Waals surface area contributed by atoms with Crippen molar-refractivity contribution >= 4 is 0 Å². The lowest BCUT2D eigenvalue weighted by atomic mass is 9.87. The first-order valence-electron chi connectivity index (χ1n) is 9.16. The van der Waals surface area contributed by atoms with Gasteiger partial charge in [0.2, 0.25) is 0 Å². The van der Waals surface area contributed by atoms with Crippen LogP contribution in [0.3, 0.4) is 0 Å². The Balaban J connectivity index is 1.43. The molecule has 3 atom stereocenters. The van der Waals surface area contributed by atoms with Crippen molar-refractivity contribution in [2.45, 2.75) is 37.6 Å². The molecule has 0 heterocycles. The third-order valence-electron chi connectivity index (χ3n) is 4.76. The number of benzene rings is 2. The molecule has 2 aromatic rings. The summed E-state index contributed by atoms with van der Waals surface area (Å²) < 4.78 is 5.78. The second kappa shape index (κ2) is 9.14. The highest BCUT2D eigenvalue weighted by Crippen LogP contribution is 2.30. The predicted molar refractivity (Wildman–Crippen MR) is 100 cm³/mol. The molecule has 4 N–H and O–H groups in total. The van der Waals surface area contributed by atoms with Crippen LogP contribution in [0.25, 0.3) is 0 Å². The van der Waals surface area contributed by atoms with Gasteiger partial charge in [0.25, 0.3) is 0 Å². The number of aliphatic hydroxyl groups excluding tert-OH is 3. The molecule has 0 saturated carbocycles. The molecule has 1 unspecified atom stereocenters. The Morgan fingerprint density at radius 3 is 2.58 bits per heavy atom. The third-order valence-corrected chi connectivity index (χ3v) is 4.76. The van der Waals surface area contributed by atoms with Crippen LogP contribution < -0.4 is 10.1 Å². The Labute approximate surface area is 154 Å². The standard InChI is InChI=1S/C21H27NO4/c23-17(13-22-10-9-15-5-2-1-3-6-15)14-26-21-8-4-7-16-11-19(24)20(25)12-18(16)21/h1-8,17,19-20,22-25H,9-14H2/t17?,19-,20+/m1/s1. The van der Waals surface area contributed by atoms with Crippen molar-refractivity contribution in [3.63, 3.8) is 0 Å². The highest BCUT2D eigenvalue weighted by Gasteiger charge is 2.27. The molecule has 1 aliphatic rings. The van der Waals surface area contributed by atoms with Crippen LogP contribution in [-0.2, 0) is 19.3 Å². The van der Waals surface area contributed by atoms with Crippen LogP contribution in [0.2, 0.25) is 0 Å². The van der Waals surface area contributed by atoms with Gasteiger partial charge in [-0.3, -0.25) is 0 Å². The molecule has 0 aliphatic heterocycles. The van der Waals surface area contributed by atoms with E-state index in [4.69, 9.17) is 4.74 Å².